The molecule has 0 unspecified atom stereocenters. The lowest BCUT2D eigenvalue weighted by molar-refractivity contribution is -0.143. The molecule has 0 spiro atoms. The molecule has 2 heterocycles. The highest BCUT2D eigenvalue weighted by Crippen LogP contribution is 2.27. The molecule has 3 aliphatic rings. The first-order valence-corrected chi connectivity index (χ1v) is 9.97. The number of hydrogen-bond donors (Lipinski definition) is 1. The first-order valence-electron chi connectivity index (χ1n) is 9.97. The molecule has 6 heteroatoms. The van der Waals surface area contributed by atoms with Crippen LogP contribution in [0.2, 0.25) is 0 Å². The van der Waals surface area contributed by atoms with E-state index in [2.05, 4.69) is 5.32 Å². The van der Waals surface area contributed by atoms with Crippen molar-refractivity contribution in [3.8, 4) is 0 Å². The summed E-state index contributed by atoms with van der Waals surface area (Å²) in [7, 11) is 0. The van der Waals surface area contributed by atoms with Crippen molar-refractivity contribution in [1.82, 2.24) is 15.1 Å². The van der Waals surface area contributed by atoms with Crippen molar-refractivity contribution in [2.45, 2.75) is 57.8 Å². The third kappa shape index (κ3) is 4.95. The van der Waals surface area contributed by atoms with E-state index < -0.39 is 0 Å². The Morgan fingerprint density at radius 2 is 1.64 bits per heavy atom. The van der Waals surface area contributed by atoms with Gasteiger partial charge in [0.25, 0.3) is 0 Å². The van der Waals surface area contributed by atoms with Crippen LogP contribution in [-0.4, -0.2) is 60.2 Å². The number of amides is 3. The van der Waals surface area contributed by atoms with Crippen LogP contribution in [0.4, 0.5) is 0 Å². The summed E-state index contributed by atoms with van der Waals surface area (Å²) in [6, 6.07) is 0. The predicted molar refractivity (Wildman–Crippen MR) is 94.7 cm³/mol. The summed E-state index contributed by atoms with van der Waals surface area (Å²) < 4.78 is 0. The maximum Gasteiger partial charge on any atom is 0.227 e. The molecule has 0 aromatic carbocycles. The molecule has 3 fully saturated rings. The van der Waals surface area contributed by atoms with Gasteiger partial charge in [0.15, 0.2) is 0 Å². The Bertz CT molecular complexity index is 484. The maximum atomic E-state index is 12.5. The van der Waals surface area contributed by atoms with Crippen LogP contribution in [-0.2, 0) is 14.4 Å². The molecule has 140 valence electrons. The zero-order valence-electron chi connectivity index (χ0n) is 15.2. The number of nitrogens with one attached hydrogen (secondary N) is 1. The second kappa shape index (κ2) is 8.68. The van der Waals surface area contributed by atoms with E-state index in [-0.39, 0.29) is 23.6 Å². The quantitative estimate of drug-likeness (QED) is 0.837. The molecule has 1 atom stereocenters. The van der Waals surface area contributed by atoms with Crippen molar-refractivity contribution in [2.24, 2.45) is 11.8 Å². The molecule has 6 nitrogen and oxygen atoms in total. The van der Waals surface area contributed by atoms with E-state index in [9.17, 15) is 14.4 Å². The SMILES string of the molecule is O=C1CC[C@@H](C(=O)N2CCN(C(=O)CCC3CCCCC3)CC2)CN1. The molecule has 2 aliphatic heterocycles. The van der Waals surface area contributed by atoms with Gasteiger partial charge in [0.2, 0.25) is 17.7 Å². The normalized spacial score (nSPS) is 25.6. The van der Waals surface area contributed by atoms with Crippen LogP contribution in [0.3, 0.4) is 0 Å². The van der Waals surface area contributed by atoms with Crippen molar-refractivity contribution in [3.05, 3.63) is 0 Å². The van der Waals surface area contributed by atoms with Crippen LogP contribution in [0.25, 0.3) is 0 Å². The van der Waals surface area contributed by atoms with Crippen molar-refractivity contribution < 1.29 is 14.4 Å². The summed E-state index contributed by atoms with van der Waals surface area (Å²) in [6.07, 6.45) is 9.34. The Hall–Kier alpha value is -1.59. The van der Waals surface area contributed by atoms with Gasteiger partial charge in [-0.2, -0.15) is 0 Å². The van der Waals surface area contributed by atoms with Gasteiger partial charge < -0.3 is 15.1 Å². The number of carbonyl (C=O) groups is 3. The minimum absolute atomic E-state index is 0.0393. The fraction of sp³-hybridized carbons (Fsp3) is 0.842. The average molecular weight is 349 g/mol. The van der Waals surface area contributed by atoms with E-state index in [0.717, 1.165) is 12.3 Å². The van der Waals surface area contributed by atoms with Gasteiger partial charge in [-0.25, -0.2) is 0 Å². The summed E-state index contributed by atoms with van der Waals surface area (Å²) in [5.74, 6) is 1.07. The van der Waals surface area contributed by atoms with E-state index in [4.69, 9.17) is 0 Å². The van der Waals surface area contributed by atoms with Crippen LogP contribution >= 0.6 is 0 Å². The van der Waals surface area contributed by atoms with Crippen molar-refractivity contribution in [2.75, 3.05) is 32.7 Å². The molecular weight excluding hydrogens is 318 g/mol. The van der Waals surface area contributed by atoms with Crippen LogP contribution in [0.15, 0.2) is 0 Å². The van der Waals surface area contributed by atoms with E-state index >= 15 is 0 Å². The molecule has 1 N–H and O–H groups in total. The number of carbonyl (C=O) groups excluding carboxylic acids is 3. The fourth-order valence-electron chi connectivity index (χ4n) is 4.34. The van der Waals surface area contributed by atoms with Gasteiger partial charge in [-0.05, 0) is 18.8 Å². The monoisotopic (exact) mass is 349 g/mol. The Balaban J connectivity index is 1.38. The van der Waals surface area contributed by atoms with Crippen molar-refractivity contribution in [3.63, 3.8) is 0 Å². The molecule has 0 radical (unpaired) electrons. The van der Waals surface area contributed by atoms with Gasteiger partial charge in [0, 0.05) is 45.6 Å². The van der Waals surface area contributed by atoms with Gasteiger partial charge in [-0.15, -0.1) is 0 Å². The Labute approximate surface area is 150 Å². The lowest BCUT2D eigenvalue weighted by Crippen LogP contribution is -2.53. The number of nitrogens with zero attached hydrogens (tertiary/aromatic N) is 2. The van der Waals surface area contributed by atoms with Gasteiger partial charge in [0.1, 0.15) is 0 Å². The summed E-state index contributed by atoms with van der Waals surface area (Å²) in [6.45, 7) is 3.00. The summed E-state index contributed by atoms with van der Waals surface area (Å²) >= 11 is 0. The molecule has 25 heavy (non-hydrogen) atoms. The second-order valence-electron chi connectivity index (χ2n) is 7.79. The van der Waals surface area contributed by atoms with Gasteiger partial charge in [-0.1, -0.05) is 32.1 Å². The molecule has 1 aliphatic carbocycles. The average Bonchev–Trinajstić information content (AvgIpc) is 2.67. The first-order chi connectivity index (χ1) is 12.1. The molecule has 0 bridgehead atoms. The topological polar surface area (TPSA) is 69.7 Å². The largest absolute Gasteiger partial charge is 0.355 e. The van der Waals surface area contributed by atoms with Crippen LogP contribution in [0, 0.1) is 11.8 Å². The number of rotatable bonds is 4. The van der Waals surface area contributed by atoms with E-state index in [1.54, 1.807) is 0 Å². The van der Waals surface area contributed by atoms with Crippen LogP contribution in [0.5, 0.6) is 0 Å². The number of piperazine rings is 1. The van der Waals surface area contributed by atoms with E-state index in [1.165, 1.54) is 32.1 Å². The maximum absolute atomic E-state index is 12.5. The molecule has 2 saturated heterocycles. The van der Waals surface area contributed by atoms with Gasteiger partial charge in [-0.3, -0.25) is 14.4 Å². The molecule has 3 rings (SSSR count). The smallest absolute Gasteiger partial charge is 0.227 e. The van der Waals surface area contributed by atoms with Crippen molar-refractivity contribution in [1.29, 1.82) is 0 Å². The highest BCUT2D eigenvalue weighted by Gasteiger charge is 2.31. The highest BCUT2D eigenvalue weighted by molar-refractivity contribution is 5.84. The van der Waals surface area contributed by atoms with E-state index in [0.29, 0.717) is 52.0 Å². The minimum atomic E-state index is -0.0914. The Morgan fingerprint density at radius 1 is 0.960 bits per heavy atom. The zero-order chi connectivity index (χ0) is 17.6. The second-order valence-corrected chi connectivity index (χ2v) is 7.79. The predicted octanol–water partition coefficient (Wildman–Crippen LogP) is 1.54. The minimum Gasteiger partial charge on any atom is -0.355 e. The Morgan fingerprint density at radius 3 is 2.28 bits per heavy atom. The fourth-order valence-corrected chi connectivity index (χ4v) is 4.34. The molecule has 3 amide bonds. The molecule has 1 saturated carbocycles. The molecular formula is C19H31N3O3. The van der Waals surface area contributed by atoms with Crippen molar-refractivity contribution >= 4 is 17.7 Å². The third-order valence-electron chi connectivity index (χ3n) is 6.05. The van der Waals surface area contributed by atoms with Crippen LogP contribution in [0.1, 0.15) is 57.8 Å². The molecule has 0 aromatic rings. The van der Waals surface area contributed by atoms with Crippen LogP contribution < -0.4 is 5.32 Å². The molecule has 0 aromatic heterocycles. The van der Waals surface area contributed by atoms with Gasteiger partial charge in [0.05, 0.1) is 5.92 Å². The van der Waals surface area contributed by atoms with Gasteiger partial charge >= 0.3 is 0 Å². The lowest BCUT2D eigenvalue weighted by Gasteiger charge is -2.37. The summed E-state index contributed by atoms with van der Waals surface area (Å²) in [5, 5.41) is 2.78. The highest BCUT2D eigenvalue weighted by atomic mass is 16.2. The zero-order valence-corrected chi connectivity index (χ0v) is 15.2. The number of piperidine rings is 1. The third-order valence-corrected chi connectivity index (χ3v) is 6.05. The summed E-state index contributed by atoms with van der Waals surface area (Å²) in [5.41, 5.74) is 0. The first kappa shape index (κ1) is 18.2. The standard InChI is InChI=1S/C19H31N3O3/c23-17-8-7-16(14-20-17)19(25)22-12-10-21(11-13-22)18(24)9-6-15-4-2-1-3-5-15/h15-16H,1-14H2,(H,20,23)/t16-/m1/s1. The lowest BCUT2D eigenvalue weighted by atomic mass is 9.86. The summed E-state index contributed by atoms with van der Waals surface area (Å²) in [4.78, 5) is 40.0. The number of hydrogen-bond acceptors (Lipinski definition) is 3. The van der Waals surface area contributed by atoms with E-state index in [1.807, 2.05) is 9.80 Å². The Kier molecular flexibility index (Phi) is 6.32.